The molecular formula is C10H18O4. The van der Waals surface area contributed by atoms with Gasteiger partial charge in [-0.1, -0.05) is 0 Å². The van der Waals surface area contributed by atoms with Crippen LogP contribution in [0, 0.1) is 0 Å². The number of hydrogen-bond acceptors (Lipinski definition) is 4. The van der Waals surface area contributed by atoms with Crippen molar-refractivity contribution in [2.45, 2.75) is 57.3 Å². The summed E-state index contributed by atoms with van der Waals surface area (Å²) in [5, 5.41) is 18.6. The molecule has 1 fully saturated rings. The number of rotatable bonds is 5. The van der Waals surface area contributed by atoms with Crippen LogP contribution in [-0.4, -0.2) is 34.5 Å². The van der Waals surface area contributed by atoms with Crippen molar-refractivity contribution in [1.82, 2.24) is 0 Å². The number of esters is 1. The van der Waals surface area contributed by atoms with E-state index in [0.29, 0.717) is 32.1 Å². The van der Waals surface area contributed by atoms with Crippen LogP contribution in [-0.2, 0) is 9.53 Å². The Morgan fingerprint density at radius 3 is 2.71 bits per heavy atom. The van der Waals surface area contributed by atoms with Gasteiger partial charge in [-0.05, 0) is 26.2 Å². The van der Waals surface area contributed by atoms with Crippen molar-refractivity contribution >= 4 is 5.97 Å². The lowest BCUT2D eigenvalue weighted by Crippen LogP contribution is -2.19. The van der Waals surface area contributed by atoms with E-state index < -0.39 is 6.10 Å². The van der Waals surface area contributed by atoms with Gasteiger partial charge in [-0.2, -0.15) is 0 Å². The lowest BCUT2D eigenvalue weighted by Gasteiger charge is -2.15. The predicted molar refractivity (Wildman–Crippen MR) is 50.7 cm³/mol. The molecule has 14 heavy (non-hydrogen) atoms. The number of aliphatic hydroxyl groups excluding tert-OH is 2. The molecule has 1 aliphatic heterocycles. The molecule has 0 saturated carbocycles. The molecule has 4 nitrogen and oxygen atoms in total. The first-order valence-electron chi connectivity index (χ1n) is 5.13. The van der Waals surface area contributed by atoms with Crippen molar-refractivity contribution in [2.24, 2.45) is 0 Å². The smallest absolute Gasteiger partial charge is 0.306 e. The fourth-order valence-corrected chi connectivity index (χ4v) is 1.60. The van der Waals surface area contributed by atoms with E-state index in [1.165, 1.54) is 0 Å². The zero-order chi connectivity index (χ0) is 10.6. The largest absolute Gasteiger partial charge is 0.462 e. The summed E-state index contributed by atoms with van der Waals surface area (Å²) in [7, 11) is 0. The molecule has 3 atom stereocenters. The summed E-state index contributed by atoms with van der Waals surface area (Å²) >= 11 is 0. The zero-order valence-corrected chi connectivity index (χ0v) is 8.48. The minimum absolute atomic E-state index is 0.119. The standard InChI is InChI=1S/C10H18O4/c1-7(11)2-3-8(12)6-9-4-5-10(13)14-9/h7-9,11-12H,2-6H2,1H3/t7-,8-,9+/m1/s1. The third kappa shape index (κ3) is 4.07. The Morgan fingerprint density at radius 1 is 1.50 bits per heavy atom. The fraction of sp³-hybridized carbons (Fsp3) is 0.900. The van der Waals surface area contributed by atoms with Crippen molar-refractivity contribution < 1.29 is 19.7 Å². The van der Waals surface area contributed by atoms with E-state index >= 15 is 0 Å². The molecular weight excluding hydrogens is 184 g/mol. The van der Waals surface area contributed by atoms with Crippen LogP contribution in [0.5, 0.6) is 0 Å². The molecule has 0 aliphatic carbocycles. The second-order valence-corrected chi connectivity index (χ2v) is 3.97. The van der Waals surface area contributed by atoms with Crippen LogP contribution >= 0.6 is 0 Å². The summed E-state index contributed by atoms with van der Waals surface area (Å²) in [5.41, 5.74) is 0. The minimum atomic E-state index is -0.472. The number of aliphatic hydroxyl groups is 2. The lowest BCUT2D eigenvalue weighted by molar-refractivity contribution is -0.142. The van der Waals surface area contributed by atoms with Gasteiger partial charge in [0.25, 0.3) is 0 Å². The molecule has 0 unspecified atom stereocenters. The van der Waals surface area contributed by atoms with Crippen LogP contribution in [0.15, 0.2) is 0 Å². The Kier molecular flexibility index (Phi) is 4.35. The van der Waals surface area contributed by atoms with E-state index in [9.17, 15) is 9.90 Å². The molecule has 4 heteroatoms. The molecule has 2 N–H and O–H groups in total. The second-order valence-electron chi connectivity index (χ2n) is 3.97. The average Bonchev–Trinajstić information content (AvgIpc) is 2.48. The summed E-state index contributed by atoms with van der Waals surface area (Å²) in [6.45, 7) is 1.70. The number of hydrogen-bond donors (Lipinski definition) is 2. The number of ether oxygens (including phenoxy) is 1. The number of carbonyl (C=O) groups excluding carboxylic acids is 1. The zero-order valence-electron chi connectivity index (χ0n) is 8.48. The third-order valence-corrected chi connectivity index (χ3v) is 2.42. The molecule has 0 aromatic rings. The Morgan fingerprint density at radius 2 is 2.21 bits per heavy atom. The van der Waals surface area contributed by atoms with Crippen LogP contribution in [0.3, 0.4) is 0 Å². The van der Waals surface area contributed by atoms with Crippen molar-refractivity contribution in [3.63, 3.8) is 0 Å². The summed E-state index contributed by atoms with van der Waals surface area (Å²) in [6, 6.07) is 0. The molecule has 82 valence electrons. The maximum absolute atomic E-state index is 10.8. The molecule has 0 spiro atoms. The van der Waals surface area contributed by atoms with Gasteiger partial charge in [-0.25, -0.2) is 0 Å². The fourth-order valence-electron chi connectivity index (χ4n) is 1.60. The van der Waals surface area contributed by atoms with Gasteiger partial charge >= 0.3 is 5.97 Å². The Hall–Kier alpha value is -0.610. The van der Waals surface area contributed by atoms with Crippen LogP contribution in [0.1, 0.15) is 39.0 Å². The van der Waals surface area contributed by atoms with Crippen molar-refractivity contribution in [3.8, 4) is 0 Å². The Labute approximate surface area is 83.9 Å². The lowest BCUT2D eigenvalue weighted by atomic mass is 10.0. The SMILES string of the molecule is C[C@@H](O)CC[C@@H](O)C[C@@H]1CCC(=O)O1. The molecule has 0 amide bonds. The van der Waals surface area contributed by atoms with E-state index in [-0.39, 0.29) is 18.2 Å². The summed E-state index contributed by atoms with van der Waals surface area (Å²) < 4.78 is 4.98. The van der Waals surface area contributed by atoms with E-state index in [1.54, 1.807) is 6.92 Å². The quantitative estimate of drug-likeness (QED) is 0.641. The highest BCUT2D eigenvalue weighted by Crippen LogP contribution is 2.20. The van der Waals surface area contributed by atoms with Gasteiger partial charge < -0.3 is 14.9 Å². The average molecular weight is 202 g/mol. The molecule has 1 rings (SSSR count). The van der Waals surface area contributed by atoms with Gasteiger partial charge in [0.05, 0.1) is 12.2 Å². The van der Waals surface area contributed by atoms with Crippen LogP contribution in [0.25, 0.3) is 0 Å². The normalized spacial score (nSPS) is 25.9. The highest BCUT2D eigenvalue weighted by molar-refractivity contribution is 5.71. The maximum Gasteiger partial charge on any atom is 0.306 e. The first-order valence-corrected chi connectivity index (χ1v) is 5.13. The molecule has 0 bridgehead atoms. The second kappa shape index (κ2) is 5.32. The maximum atomic E-state index is 10.8. The van der Waals surface area contributed by atoms with Crippen LogP contribution < -0.4 is 0 Å². The molecule has 1 aliphatic rings. The van der Waals surface area contributed by atoms with Gasteiger partial charge in [0.1, 0.15) is 6.10 Å². The Bertz CT molecular complexity index is 191. The minimum Gasteiger partial charge on any atom is -0.462 e. The van der Waals surface area contributed by atoms with Crippen molar-refractivity contribution in [3.05, 3.63) is 0 Å². The van der Waals surface area contributed by atoms with Crippen molar-refractivity contribution in [2.75, 3.05) is 0 Å². The number of cyclic esters (lactones) is 1. The third-order valence-electron chi connectivity index (χ3n) is 2.42. The first kappa shape index (κ1) is 11.5. The summed E-state index contributed by atoms with van der Waals surface area (Å²) in [6.07, 6.45) is 1.85. The molecule has 0 aromatic heterocycles. The summed E-state index contributed by atoms with van der Waals surface area (Å²) in [5.74, 6) is -0.169. The predicted octanol–water partition coefficient (Wildman–Crippen LogP) is 0.604. The summed E-state index contributed by atoms with van der Waals surface area (Å²) in [4.78, 5) is 10.8. The van der Waals surface area contributed by atoms with Crippen molar-refractivity contribution in [1.29, 1.82) is 0 Å². The van der Waals surface area contributed by atoms with E-state index in [1.807, 2.05) is 0 Å². The molecule has 1 saturated heterocycles. The topological polar surface area (TPSA) is 66.8 Å². The molecule has 0 radical (unpaired) electrons. The highest BCUT2D eigenvalue weighted by atomic mass is 16.5. The first-order chi connectivity index (χ1) is 6.58. The highest BCUT2D eigenvalue weighted by Gasteiger charge is 2.25. The van der Waals surface area contributed by atoms with Crippen LogP contribution in [0.2, 0.25) is 0 Å². The van der Waals surface area contributed by atoms with Crippen LogP contribution in [0.4, 0.5) is 0 Å². The van der Waals surface area contributed by atoms with Gasteiger partial charge in [-0.3, -0.25) is 4.79 Å². The number of carbonyl (C=O) groups is 1. The van der Waals surface area contributed by atoms with Gasteiger partial charge in [-0.15, -0.1) is 0 Å². The van der Waals surface area contributed by atoms with E-state index in [4.69, 9.17) is 9.84 Å². The van der Waals surface area contributed by atoms with Gasteiger partial charge in [0.15, 0.2) is 0 Å². The van der Waals surface area contributed by atoms with Gasteiger partial charge in [0, 0.05) is 12.8 Å². The monoisotopic (exact) mass is 202 g/mol. The van der Waals surface area contributed by atoms with Gasteiger partial charge in [0.2, 0.25) is 0 Å². The van der Waals surface area contributed by atoms with E-state index in [0.717, 1.165) is 0 Å². The molecule has 1 heterocycles. The molecule has 0 aromatic carbocycles. The Balaban J connectivity index is 2.13. The van der Waals surface area contributed by atoms with E-state index in [2.05, 4.69) is 0 Å².